The second-order valence-electron chi connectivity index (χ2n) is 6.21. The fraction of sp³-hybridized carbons (Fsp3) is 0.933. The minimum Gasteiger partial charge on any atom is -0.354 e. The maximum Gasteiger partial charge on any atom is 0.237 e. The molecule has 4 nitrogen and oxygen atoms in total. The van der Waals surface area contributed by atoms with Crippen LogP contribution in [0.5, 0.6) is 0 Å². The number of nitrogens with one attached hydrogen (secondary N) is 2. The van der Waals surface area contributed by atoms with Crippen molar-refractivity contribution in [1.82, 2.24) is 15.5 Å². The SMILES string of the molecule is CC(CNC(=O)C1CCCCCN1)CN1CCCC1. The Morgan fingerprint density at radius 2 is 2.05 bits per heavy atom. The molecule has 2 rings (SSSR count). The average Bonchev–Trinajstić information content (AvgIpc) is 2.76. The molecule has 0 saturated carbocycles. The molecule has 0 radical (unpaired) electrons. The summed E-state index contributed by atoms with van der Waals surface area (Å²) >= 11 is 0. The minimum atomic E-state index is 0.0430. The van der Waals surface area contributed by atoms with Gasteiger partial charge in [0.1, 0.15) is 0 Å². The van der Waals surface area contributed by atoms with Crippen molar-refractivity contribution < 1.29 is 4.79 Å². The van der Waals surface area contributed by atoms with E-state index in [1.54, 1.807) is 0 Å². The van der Waals surface area contributed by atoms with E-state index >= 15 is 0 Å². The number of amides is 1. The van der Waals surface area contributed by atoms with Crippen LogP contribution in [0, 0.1) is 5.92 Å². The zero-order valence-electron chi connectivity index (χ0n) is 12.3. The highest BCUT2D eigenvalue weighted by molar-refractivity contribution is 5.81. The number of likely N-dealkylation sites (tertiary alicyclic amines) is 1. The monoisotopic (exact) mass is 267 g/mol. The van der Waals surface area contributed by atoms with E-state index in [1.807, 2.05) is 0 Å². The van der Waals surface area contributed by atoms with E-state index in [4.69, 9.17) is 0 Å². The van der Waals surface area contributed by atoms with Crippen molar-refractivity contribution in [2.45, 2.75) is 51.5 Å². The van der Waals surface area contributed by atoms with Gasteiger partial charge in [0.25, 0.3) is 0 Å². The lowest BCUT2D eigenvalue weighted by Crippen LogP contribution is -2.45. The van der Waals surface area contributed by atoms with Crippen molar-refractivity contribution in [3.8, 4) is 0 Å². The van der Waals surface area contributed by atoms with Gasteiger partial charge in [-0.3, -0.25) is 4.79 Å². The van der Waals surface area contributed by atoms with Crippen molar-refractivity contribution in [3.63, 3.8) is 0 Å². The van der Waals surface area contributed by atoms with E-state index in [0.717, 1.165) is 26.1 Å². The van der Waals surface area contributed by atoms with E-state index in [9.17, 15) is 4.79 Å². The summed E-state index contributed by atoms with van der Waals surface area (Å²) in [5.41, 5.74) is 0. The van der Waals surface area contributed by atoms with Gasteiger partial charge < -0.3 is 15.5 Å². The van der Waals surface area contributed by atoms with Crippen molar-refractivity contribution in [1.29, 1.82) is 0 Å². The fourth-order valence-electron chi connectivity index (χ4n) is 3.12. The summed E-state index contributed by atoms with van der Waals surface area (Å²) in [6, 6.07) is 0.0430. The van der Waals surface area contributed by atoms with Crippen molar-refractivity contribution in [2.75, 3.05) is 32.7 Å². The molecule has 19 heavy (non-hydrogen) atoms. The van der Waals surface area contributed by atoms with Crippen molar-refractivity contribution in [2.24, 2.45) is 5.92 Å². The first-order chi connectivity index (χ1) is 9.25. The Kier molecular flexibility index (Phi) is 6.11. The standard InChI is InChI=1S/C15H29N3O/c1-13(12-18-9-5-6-10-18)11-17-15(19)14-7-3-2-4-8-16-14/h13-14,16H,2-12H2,1H3,(H,17,19). The topological polar surface area (TPSA) is 44.4 Å². The molecule has 0 spiro atoms. The Morgan fingerprint density at radius 3 is 2.84 bits per heavy atom. The lowest BCUT2D eigenvalue weighted by molar-refractivity contribution is -0.123. The Balaban J connectivity index is 1.64. The van der Waals surface area contributed by atoms with Gasteiger partial charge in [0.15, 0.2) is 0 Å². The van der Waals surface area contributed by atoms with Crippen molar-refractivity contribution in [3.05, 3.63) is 0 Å². The third-order valence-corrected chi connectivity index (χ3v) is 4.27. The lowest BCUT2D eigenvalue weighted by atomic mass is 10.1. The molecule has 0 aromatic heterocycles. The lowest BCUT2D eigenvalue weighted by Gasteiger charge is -2.22. The highest BCUT2D eigenvalue weighted by atomic mass is 16.2. The molecule has 2 atom stereocenters. The van der Waals surface area contributed by atoms with E-state index in [-0.39, 0.29) is 11.9 Å². The Bertz CT molecular complexity index is 269. The molecule has 2 aliphatic heterocycles. The summed E-state index contributed by atoms with van der Waals surface area (Å²) in [5.74, 6) is 0.753. The number of carbonyl (C=O) groups excluding carboxylic acids is 1. The molecule has 110 valence electrons. The Hall–Kier alpha value is -0.610. The van der Waals surface area contributed by atoms with Gasteiger partial charge in [-0.2, -0.15) is 0 Å². The van der Waals surface area contributed by atoms with Crippen LogP contribution in [0.2, 0.25) is 0 Å². The molecular weight excluding hydrogens is 238 g/mol. The molecule has 2 N–H and O–H groups in total. The number of rotatable bonds is 5. The molecular formula is C15H29N3O. The Labute approximate surface area is 117 Å². The normalized spacial score (nSPS) is 26.9. The second-order valence-corrected chi connectivity index (χ2v) is 6.21. The number of nitrogens with zero attached hydrogens (tertiary/aromatic N) is 1. The van der Waals surface area contributed by atoms with Gasteiger partial charge in [-0.1, -0.05) is 19.8 Å². The predicted octanol–water partition coefficient (Wildman–Crippen LogP) is 1.37. The first-order valence-corrected chi connectivity index (χ1v) is 7.99. The molecule has 0 bridgehead atoms. The zero-order valence-corrected chi connectivity index (χ0v) is 12.3. The Morgan fingerprint density at radius 1 is 1.26 bits per heavy atom. The first kappa shape index (κ1) is 14.8. The van der Waals surface area contributed by atoms with E-state index < -0.39 is 0 Å². The van der Waals surface area contributed by atoms with Gasteiger partial charge >= 0.3 is 0 Å². The molecule has 2 unspecified atom stereocenters. The van der Waals surface area contributed by atoms with Crippen LogP contribution in [0.25, 0.3) is 0 Å². The predicted molar refractivity (Wildman–Crippen MR) is 78.1 cm³/mol. The highest BCUT2D eigenvalue weighted by Gasteiger charge is 2.20. The fourth-order valence-corrected chi connectivity index (χ4v) is 3.12. The van der Waals surface area contributed by atoms with Gasteiger partial charge in [0, 0.05) is 13.1 Å². The third-order valence-electron chi connectivity index (χ3n) is 4.27. The number of carbonyl (C=O) groups is 1. The van der Waals surface area contributed by atoms with Gasteiger partial charge in [-0.15, -0.1) is 0 Å². The van der Waals surface area contributed by atoms with Gasteiger partial charge in [0.05, 0.1) is 6.04 Å². The number of hydrogen-bond donors (Lipinski definition) is 2. The summed E-state index contributed by atoms with van der Waals surface area (Å²) in [4.78, 5) is 14.6. The quantitative estimate of drug-likeness (QED) is 0.791. The van der Waals surface area contributed by atoms with Crippen LogP contribution >= 0.6 is 0 Å². The van der Waals surface area contributed by atoms with Crippen LogP contribution in [0.4, 0.5) is 0 Å². The van der Waals surface area contributed by atoms with E-state index in [2.05, 4.69) is 22.5 Å². The summed E-state index contributed by atoms with van der Waals surface area (Å²) in [6.45, 7) is 7.64. The van der Waals surface area contributed by atoms with Gasteiger partial charge in [-0.25, -0.2) is 0 Å². The van der Waals surface area contributed by atoms with Gasteiger partial charge in [-0.05, 0) is 51.2 Å². The van der Waals surface area contributed by atoms with Crippen molar-refractivity contribution >= 4 is 5.91 Å². The molecule has 4 heteroatoms. The third kappa shape index (κ3) is 5.11. The first-order valence-electron chi connectivity index (χ1n) is 7.99. The van der Waals surface area contributed by atoms with Crippen LogP contribution in [0.1, 0.15) is 45.4 Å². The highest BCUT2D eigenvalue weighted by Crippen LogP contribution is 2.11. The smallest absolute Gasteiger partial charge is 0.237 e. The van der Waals surface area contributed by atoms with Crippen LogP contribution in [0.3, 0.4) is 0 Å². The molecule has 2 aliphatic rings. The molecule has 2 saturated heterocycles. The molecule has 1 amide bonds. The second kappa shape index (κ2) is 7.85. The molecule has 0 aromatic carbocycles. The molecule has 0 aliphatic carbocycles. The van der Waals surface area contributed by atoms with E-state index in [1.165, 1.54) is 45.2 Å². The summed E-state index contributed by atoms with van der Waals surface area (Å²) < 4.78 is 0. The zero-order chi connectivity index (χ0) is 13.5. The maximum absolute atomic E-state index is 12.1. The van der Waals surface area contributed by atoms with Crippen LogP contribution in [-0.2, 0) is 4.79 Å². The largest absolute Gasteiger partial charge is 0.354 e. The summed E-state index contributed by atoms with van der Waals surface area (Å²) in [7, 11) is 0. The molecule has 2 heterocycles. The average molecular weight is 267 g/mol. The van der Waals surface area contributed by atoms with Crippen LogP contribution in [0.15, 0.2) is 0 Å². The molecule has 2 fully saturated rings. The van der Waals surface area contributed by atoms with Gasteiger partial charge in [0.2, 0.25) is 5.91 Å². The van der Waals surface area contributed by atoms with Crippen LogP contribution < -0.4 is 10.6 Å². The summed E-state index contributed by atoms with van der Waals surface area (Å²) in [6.07, 6.45) is 7.30. The minimum absolute atomic E-state index is 0.0430. The maximum atomic E-state index is 12.1. The summed E-state index contributed by atoms with van der Waals surface area (Å²) in [5, 5.41) is 6.48. The van der Waals surface area contributed by atoms with E-state index in [0.29, 0.717) is 5.92 Å². The molecule has 0 aromatic rings. The number of hydrogen-bond acceptors (Lipinski definition) is 3. The van der Waals surface area contributed by atoms with Crippen LogP contribution in [-0.4, -0.2) is 49.6 Å².